The molecule has 0 bridgehead atoms. The molecule has 0 aromatic carbocycles. The summed E-state index contributed by atoms with van der Waals surface area (Å²) in [6.45, 7) is 6.39. The Morgan fingerprint density at radius 1 is 1.53 bits per heavy atom. The summed E-state index contributed by atoms with van der Waals surface area (Å²) in [4.78, 5) is 13.0. The average molecular weight is 215 g/mol. The number of likely N-dealkylation sites (tertiary alicyclic amines) is 1. The third-order valence-corrected chi connectivity index (χ3v) is 3.15. The first-order valence-electron chi connectivity index (χ1n) is 5.49. The molecule has 0 aliphatic carbocycles. The van der Waals surface area contributed by atoms with E-state index in [0.717, 1.165) is 26.1 Å². The van der Waals surface area contributed by atoms with Gasteiger partial charge in [-0.25, -0.2) is 0 Å². The molecule has 1 aliphatic rings. The molecule has 1 N–H and O–H groups in total. The van der Waals surface area contributed by atoms with Crippen LogP contribution in [0.1, 0.15) is 26.7 Å². The second-order valence-electron chi connectivity index (χ2n) is 4.65. The van der Waals surface area contributed by atoms with Gasteiger partial charge >= 0.3 is 5.97 Å². The molecular weight excluding hydrogens is 194 g/mol. The molecule has 88 valence electrons. The van der Waals surface area contributed by atoms with Crippen LogP contribution < -0.4 is 0 Å². The Balaban J connectivity index is 2.10. The van der Waals surface area contributed by atoms with Crippen molar-refractivity contribution in [2.75, 3.05) is 26.7 Å². The smallest absolute Gasteiger partial charge is 0.305 e. The molecular formula is C11H21NO3. The van der Waals surface area contributed by atoms with E-state index in [4.69, 9.17) is 0 Å². The lowest BCUT2D eigenvalue weighted by Gasteiger charge is -2.49. The molecule has 0 amide bonds. The van der Waals surface area contributed by atoms with Crippen LogP contribution in [-0.2, 0) is 9.53 Å². The van der Waals surface area contributed by atoms with Crippen LogP contribution in [0.3, 0.4) is 0 Å². The molecule has 0 unspecified atom stereocenters. The fraction of sp³-hybridized carbons (Fsp3) is 0.909. The Kier molecular flexibility index (Phi) is 4.11. The standard InChI is InChI=1S/C11H21NO3/c1-9(2)11(14)7-12(8-11)6-4-5-10(13)15-3/h9,14H,4-8H2,1-3H3. The van der Waals surface area contributed by atoms with Crippen molar-refractivity contribution in [1.29, 1.82) is 0 Å². The summed E-state index contributed by atoms with van der Waals surface area (Å²) in [6, 6.07) is 0. The summed E-state index contributed by atoms with van der Waals surface area (Å²) in [5.74, 6) is 0.143. The zero-order chi connectivity index (χ0) is 11.5. The topological polar surface area (TPSA) is 49.8 Å². The highest BCUT2D eigenvalue weighted by Gasteiger charge is 2.42. The maximum absolute atomic E-state index is 10.8. The van der Waals surface area contributed by atoms with E-state index in [9.17, 15) is 9.90 Å². The molecule has 15 heavy (non-hydrogen) atoms. The van der Waals surface area contributed by atoms with E-state index < -0.39 is 5.60 Å². The normalized spacial score (nSPS) is 20.1. The number of hydrogen-bond donors (Lipinski definition) is 1. The van der Waals surface area contributed by atoms with Crippen LogP contribution in [0.15, 0.2) is 0 Å². The predicted octanol–water partition coefficient (Wildman–Crippen LogP) is 0.642. The quantitative estimate of drug-likeness (QED) is 0.684. The number of aliphatic hydroxyl groups is 1. The number of methoxy groups -OCH3 is 1. The molecule has 0 saturated carbocycles. The van der Waals surface area contributed by atoms with Crippen LogP contribution in [0.5, 0.6) is 0 Å². The number of ether oxygens (including phenoxy) is 1. The molecule has 1 saturated heterocycles. The van der Waals surface area contributed by atoms with Crippen LogP contribution in [0.4, 0.5) is 0 Å². The third kappa shape index (κ3) is 3.18. The fourth-order valence-corrected chi connectivity index (χ4v) is 1.80. The van der Waals surface area contributed by atoms with Crippen molar-refractivity contribution in [3.8, 4) is 0 Å². The summed E-state index contributed by atoms with van der Waals surface area (Å²) in [6.07, 6.45) is 1.27. The molecule has 0 aromatic heterocycles. The predicted molar refractivity (Wildman–Crippen MR) is 57.5 cm³/mol. The molecule has 1 aliphatic heterocycles. The Morgan fingerprint density at radius 2 is 2.13 bits per heavy atom. The zero-order valence-corrected chi connectivity index (χ0v) is 9.82. The molecule has 1 rings (SSSR count). The van der Waals surface area contributed by atoms with E-state index in [0.29, 0.717) is 12.3 Å². The van der Waals surface area contributed by atoms with Crippen molar-refractivity contribution in [2.24, 2.45) is 5.92 Å². The van der Waals surface area contributed by atoms with E-state index >= 15 is 0 Å². The first-order valence-corrected chi connectivity index (χ1v) is 5.49. The lowest BCUT2D eigenvalue weighted by molar-refractivity contribution is -0.142. The van der Waals surface area contributed by atoms with Gasteiger partial charge < -0.3 is 9.84 Å². The fourth-order valence-electron chi connectivity index (χ4n) is 1.80. The highest BCUT2D eigenvalue weighted by Crippen LogP contribution is 2.28. The maximum atomic E-state index is 10.8. The summed E-state index contributed by atoms with van der Waals surface area (Å²) in [5.41, 5.74) is -0.509. The number of carbonyl (C=O) groups excluding carboxylic acids is 1. The van der Waals surface area contributed by atoms with Crippen molar-refractivity contribution >= 4 is 5.97 Å². The molecule has 0 spiro atoms. The van der Waals surface area contributed by atoms with Crippen LogP contribution in [0, 0.1) is 5.92 Å². The summed E-state index contributed by atoms with van der Waals surface area (Å²) in [7, 11) is 1.41. The van der Waals surface area contributed by atoms with Gasteiger partial charge in [0.2, 0.25) is 0 Å². The number of hydrogen-bond acceptors (Lipinski definition) is 4. The Morgan fingerprint density at radius 3 is 2.60 bits per heavy atom. The molecule has 0 atom stereocenters. The van der Waals surface area contributed by atoms with Crippen LogP contribution in [0.2, 0.25) is 0 Å². The van der Waals surface area contributed by atoms with Gasteiger partial charge in [0.1, 0.15) is 0 Å². The van der Waals surface area contributed by atoms with Crippen molar-refractivity contribution in [2.45, 2.75) is 32.3 Å². The zero-order valence-electron chi connectivity index (χ0n) is 9.82. The van der Waals surface area contributed by atoms with Crippen LogP contribution >= 0.6 is 0 Å². The van der Waals surface area contributed by atoms with Crippen LogP contribution in [-0.4, -0.2) is 48.3 Å². The second kappa shape index (κ2) is 4.94. The third-order valence-electron chi connectivity index (χ3n) is 3.15. The Labute approximate surface area is 91.2 Å². The molecule has 1 fully saturated rings. The minimum atomic E-state index is -0.509. The monoisotopic (exact) mass is 215 g/mol. The summed E-state index contributed by atoms with van der Waals surface area (Å²) < 4.78 is 4.56. The van der Waals surface area contributed by atoms with E-state index in [1.54, 1.807) is 0 Å². The van der Waals surface area contributed by atoms with Gasteiger partial charge in [-0.2, -0.15) is 0 Å². The van der Waals surface area contributed by atoms with Gasteiger partial charge in [0.15, 0.2) is 0 Å². The number of carbonyl (C=O) groups is 1. The highest BCUT2D eigenvalue weighted by molar-refractivity contribution is 5.69. The van der Waals surface area contributed by atoms with Gasteiger partial charge in [-0.1, -0.05) is 13.8 Å². The lowest BCUT2D eigenvalue weighted by atomic mass is 9.83. The van der Waals surface area contributed by atoms with E-state index in [2.05, 4.69) is 9.64 Å². The van der Waals surface area contributed by atoms with Gasteiger partial charge in [-0.3, -0.25) is 9.69 Å². The Hall–Kier alpha value is -0.610. The van der Waals surface area contributed by atoms with E-state index in [1.807, 2.05) is 13.8 Å². The van der Waals surface area contributed by atoms with E-state index in [1.165, 1.54) is 7.11 Å². The minimum Gasteiger partial charge on any atom is -0.469 e. The van der Waals surface area contributed by atoms with Gasteiger partial charge in [-0.15, -0.1) is 0 Å². The molecule has 4 heteroatoms. The van der Waals surface area contributed by atoms with Crippen molar-refractivity contribution < 1.29 is 14.6 Å². The largest absolute Gasteiger partial charge is 0.469 e. The van der Waals surface area contributed by atoms with Crippen molar-refractivity contribution in [1.82, 2.24) is 4.90 Å². The number of esters is 1. The maximum Gasteiger partial charge on any atom is 0.305 e. The van der Waals surface area contributed by atoms with Crippen molar-refractivity contribution in [3.05, 3.63) is 0 Å². The number of nitrogens with zero attached hydrogens (tertiary/aromatic N) is 1. The average Bonchev–Trinajstić information content (AvgIpc) is 2.14. The summed E-state index contributed by atoms with van der Waals surface area (Å²) >= 11 is 0. The molecule has 1 heterocycles. The first-order chi connectivity index (χ1) is 6.98. The number of rotatable bonds is 5. The molecule has 0 radical (unpaired) electrons. The minimum absolute atomic E-state index is 0.158. The lowest BCUT2D eigenvalue weighted by Crippen LogP contribution is -2.64. The van der Waals surface area contributed by atoms with Gasteiger partial charge in [0.25, 0.3) is 0 Å². The Bertz CT molecular complexity index is 222. The van der Waals surface area contributed by atoms with E-state index in [-0.39, 0.29) is 5.97 Å². The highest BCUT2D eigenvalue weighted by atomic mass is 16.5. The second-order valence-corrected chi connectivity index (χ2v) is 4.65. The van der Waals surface area contributed by atoms with Crippen molar-refractivity contribution in [3.63, 3.8) is 0 Å². The van der Waals surface area contributed by atoms with Gasteiger partial charge in [0.05, 0.1) is 12.7 Å². The molecule has 4 nitrogen and oxygen atoms in total. The van der Waals surface area contributed by atoms with Crippen LogP contribution in [0.25, 0.3) is 0 Å². The number of β-amino-alcohol motifs (C(OH)–C–C–N with tert-alkyl or cyclic N) is 1. The van der Waals surface area contributed by atoms with Gasteiger partial charge in [-0.05, 0) is 18.9 Å². The molecule has 0 aromatic rings. The summed E-state index contributed by atoms with van der Waals surface area (Å²) in [5, 5.41) is 9.98. The van der Waals surface area contributed by atoms with Gasteiger partial charge in [0, 0.05) is 19.5 Å². The first kappa shape index (κ1) is 12.5. The SMILES string of the molecule is COC(=O)CCCN1CC(O)(C(C)C)C1.